The standard InChI is InChI=1S/C20H19Cl2N3O3S2/c1-3-25(4-2)30(27,28)15-8-5-13(6-9-15)19(26)24-20-23-18(12-29-20)16-10-7-14(21)11-17(16)22/h5-12H,3-4H2,1-2H3,(H,23,24,26). The molecule has 0 fully saturated rings. The Kier molecular flexibility index (Phi) is 7.15. The summed E-state index contributed by atoms with van der Waals surface area (Å²) in [6, 6.07) is 10.9. The van der Waals surface area contributed by atoms with Gasteiger partial charge in [0.25, 0.3) is 5.91 Å². The van der Waals surface area contributed by atoms with Gasteiger partial charge in [-0.25, -0.2) is 13.4 Å². The van der Waals surface area contributed by atoms with E-state index in [1.54, 1.807) is 37.4 Å². The van der Waals surface area contributed by atoms with Gasteiger partial charge in [0.15, 0.2) is 5.13 Å². The van der Waals surface area contributed by atoms with Gasteiger partial charge in [0.2, 0.25) is 10.0 Å². The minimum atomic E-state index is -3.57. The van der Waals surface area contributed by atoms with E-state index in [2.05, 4.69) is 10.3 Å². The van der Waals surface area contributed by atoms with Gasteiger partial charge in [-0.2, -0.15) is 4.31 Å². The molecule has 0 saturated carbocycles. The average Bonchev–Trinajstić information content (AvgIpc) is 3.17. The van der Waals surface area contributed by atoms with E-state index >= 15 is 0 Å². The molecule has 3 aromatic rings. The van der Waals surface area contributed by atoms with Gasteiger partial charge in [0, 0.05) is 34.6 Å². The van der Waals surface area contributed by atoms with Crippen LogP contribution in [0.2, 0.25) is 10.0 Å². The molecule has 0 saturated heterocycles. The highest BCUT2D eigenvalue weighted by molar-refractivity contribution is 7.89. The van der Waals surface area contributed by atoms with Crippen LogP contribution in [0, 0.1) is 0 Å². The Morgan fingerprint density at radius 2 is 1.77 bits per heavy atom. The molecule has 1 aromatic heterocycles. The summed E-state index contributed by atoms with van der Waals surface area (Å²) in [6.45, 7) is 4.32. The highest BCUT2D eigenvalue weighted by Crippen LogP contribution is 2.32. The Morgan fingerprint density at radius 3 is 2.37 bits per heavy atom. The number of hydrogen-bond donors (Lipinski definition) is 1. The number of rotatable bonds is 7. The second-order valence-electron chi connectivity index (χ2n) is 6.23. The lowest BCUT2D eigenvalue weighted by Crippen LogP contribution is -2.30. The van der Waals surface area contributed by atoms with E-state index in [-0.39, 0.29) is 10.8 Å². The van der Waals surface area contributed by atoms with Crippen molar-refractivity contribution in [2.75, 3.05) is 18.4 Å². The summed E-state index contributed by atoms with van der Waals surface area (Å²) < 4.78 is 26.5. The maximum absolute atomic E-state index is 12.6. The van der Waals surface area contributed by atoms with Gasteiger partial charge in [0.1, 0.15) is 0 Å². The first-order valence-corrected chi connectivity index (χ1v) is 12.2. The summed E-state index contributed by atoms with van der Waals surface area (Å²) in [6.07, 6.45) is 0. The predicted molar refractivity (Wildman–Crippen MR) is 122 cm³/mol. The molecule has 158 valence electrons. The topological polar surface area (TPSA) is 79.4 Å². The number of aromatic nitrogens is 1. The second-order valence-corrected chi connectivity index (χ2v) is 9.87. The van der Waals surface area contributed by atoms with Crippen molar-refractivity contribution in [2.24, 2.45) is 0 Å². The maximum Gasteiger partial charge on any atom is 0.257 e. The highest BCUT2D eigenvalue weighted by Gasteiger charge is 2.22. The Morgan fingerprint density at radius 1 is 1.10 bits per heavy atom. The molecular formula is C20H19Cl2N3O3S2. The third-order valence-electron chi connectivity index (χ3n) is 4.39. The van der Waals surface area contributed by atoms with E-state index in [1.807, 2.05) is 0 Å². The molecule has 0 aliphatic rings. The quantitative estimate of drug-likeness (QED) is 0.487. The van der Waals surface area contributed by atoms with Crippen LogP contribution in [-0.4, -0.2) is 36.7 Å². The average molecular weight is 484 g/mol. The lowest BCUT2D eigenvalue weighted by Gasteiger charge is -2.18. The zero-order valence-electron chi connectivity index (χ0n) is 16.2. The highest BCUT2D eigenvalue weighted by atomic mass is 35.5. The van der Waals surface area contributed by atoms with Crippen LogP contribution in [0.5, 0.6) is 0 Å². The lowest BCUT2D eigenvalue weighted by molar-refractivity contribution is 0.102. The molecule has 0 atom stereocenters. The van der Waals surface area contributed by atoms with Crippen LogP contribution in [0.3, 0.4) is 0 Å². The van der Waals surface area contributed by atoms with Crippen molar-refractivity contribution in [3.8, 4) is 11.3 Å². The Labute approximate surface area is 189 Å². The molecule has 3 rings (SSSR count). The SMILES string of the molecule is CCN(CC)S(=O)(=O)c1ccc(C(=O)Nc2nc(-c3ccc(Cl)cc3Cl)cs2)cc1. The van der Waals surface area contributed by atoms with E-state index < -0.39 is 10.0 Å². The van der Waals surface area contributed by atoms with E-state index in [0.717, 1.165) is 0 Å². The molecular weight excluding hydrogens is 465 g/mol. The van der Waals surface area contributed by atoms with E-state index in [0.29, 0.717) is 45.1 Å². The number of sulfonamides is 1. The smallest absolute Gasteiger partial charge is 0.257 e. The normalized spacial score (nSPS) is 11.6. The fourth-order valence-corrected chi connectivity index (χ4v) is 5.48. The summed E-state index contributed by atoms with van der Waals surface area (Å²) in [5, 5.41) is 5.90. The van der Waals surface area contributed by atoms with Crippen LogP contribution in [0.25, 0.3) is 11.3 Å². The van der Waals surface area contributed by atoms with Gasteiger partial charge < -0.3 is 0 Å². The van der Waals surface area contributed by atoms with Gasteiger partial charge in [0.05, 0.1) is 15.6 Å². The third kappa shape index (κ3) is 4.84. The largest absolute Gasteiger partial charge is 0.298 e. The number of nitrogens with one attached hydrogen (secondary N) is 1. The first-order chi connectivity index (χ1) is 14.3. The van der Waals surface area contributed by atoms with Crippen molar-refractivity contribution in [1.82, 2.24) is 9.29 Å². The monoisotopic (exact) mass is 483 g/mol. The molecule has 0 aliphatic carbocycles. The van der Waals surface area contributed by atoms with Crippen molar-refractivity contribution in [3.63, 3.8) is 0 Å². The third-order valence-corrected chi connectivity index (χ3v) is 7.76. The zero-order valence-corrected chi connectivity index (χ0v) is 19.4. The fraction of sp³-hybridized carbons (Fsp3) is 0.200. The van der Waals surface area contributed by atoms with Crippen molar-refractivity contribution in [1.29, 1.82) is 0 Å². The predicted octanol–water partition coefficient (Wildman–Crippen LogP) is 5.40. The van der Waals surface area contributed by atoms with Gasteiger partial charge in [-0.15, -0.1) is 11.3 Å². The summed E-state index contributed by atoms with van der Waals surface area (Å²) in [5.41, 5.74) is 1.66. The molecule has 1 N–H and O–H groups in total. The molecule has 0 bridgehead atoms. The number of amides is 1. The van der Waals surface area contributed by atoms with Gasteiger partial charge in [-0.1, -0.05) is 37.0 Å². The van der Waals surface area contributed by atoms with Crippen LogP contribution in [0.15, 0.2) is 52.7 Å². The molecule has 6 nitrogen and oxygen atoms in total. The Balaban J connectivity index is 1.75. The van der Waals surface area contributed by atoms with Crippen LogP contribution >= 0.6 is 34.5 Å². The summed E-state index contributed by atoms with van der Waals surface area (Å²) >= 11 is 13.4. The molecule has 30 heavy (non-hydrogen) atoms. The number of benzene rings is 2. The number of thiazole rings is 1. The molecule has 0 unspecified atom stereocenters. The van der Waals surface area contributed by atoms with Crippen molar-refractivity contribution in [2.45, 2.75) is 18.7 Å². The summed E-state index contributed by atoms with van der Waals surface area (Å²) in [7, 11) is -3.57. The first-order valence-electron chi connectivity index (χ1n) is 9.08. The Hall–Kier alpha value is -1.97. The second kappa shape index (κ2) is 9.45. The molecule has 1 amide bonds. The molecule has 2 aromatic carbocycles. The molecule has 10 heteroatoms. The molecule has 1 heterocycles. The van der Waals surface area contributed by atoms with Crippen LogP contribution in [-0.2, 0) is 10.0 Å². The minimum absolute atomic E-state index is 0.150. The van der Waals surface area contributed by atoms with Crippen molar-refractivity contribution >= 4 is 55.6 Å². The number of hydrogen-bond acceptors (Lipinski definition) is 5. The first kappa shape index (κ1) is 22.7. The van der Waals surface area contributed by atoms with E-state index in [4.69, 9.17) is 23.2 Å². The maximum atomic E-state index is 12.6. The summed E-state index contributed by atoms with van der Waals surface area (Å²) in [5.74, 6) is -0.384. The van der Waals surface area contributed by atoms with Crippen LogP contribution < -0.4 is 5.32 Å². The zero-order chi connectivity index (χ0) is 21.9. The van der Waals surface area contributed by atoms with Crippen LogP contribution in [0.1, 0.15) is 24.2 Å². The summed E-state index contributed by atoms with van der Waals surface area (Å²) in [4.78, 5) is 17.1. The van der Waals surface area contributed by atoms with Gasteiger partial charge >= 0.3 is 0 Å². The van der Waals surface area contributed by atoms with Crippen LogP contribution in [0.4, 0.5) is 5.13 Å². The van der Waals surface area contributed by atoms with Gasteiger partial charge in [-0.05, 0) is 42.5 Å². The minimum Gasteiger partial charge on any atom is -0.298 e. The number of anilines is 1. The number of carbonyl (C=O) groups excluding carboxylic acids is 1. The Bertz CT molecular complexity index is 1160. The molecule has 0 aliphatic heterocycles. The number of halogens is 2. The number of nitrogens with zero attached hydrogens (tertiary/aromatic N) is 2. The fourth-order valence-electron chi connectivity index (χ4n) is 2.81. The van der Waals surface area contributed by atoms with E-state index in [1.165, 1.54) is 39.9 Å². The molecule has 0 spiro atoms. The van der Waals surface area contributed by atoms with E-state index in [9.17, 15) is 13.2 Å². The lowest BCUT2D eigenvalue weighted by atomic mass is 10.2. The number of carbonyl (C=O) groups is 1. The van der Waals surface area contributed by atoms with Gasteiger partial charge in [-0.3, -0.25) is 10.1 Å². The van der Waals surface area contributed by atoms with Crippen molar-refractivity contribution in [3.05, 3.63) is 63.5 Å². The molecule has 0 radical (unpaired) electrons. The van der Waals surface area contributed by atoms with Crippen molar-refractivity contribution < 1.29 is 13.2 Å².